The van der Waals surface area contributed by atoms with Crippen molar-refractivity contribution in [2.75, 3.05) is 40.1 Å². The number of aliphatic hydroxyl groups excluding tert-OH is 1. The van der Waals surface area contributed by atoms with E-state index in [9.17, 15) is 28.3 Å². The molecule has 302 valence electrons. The first-order valence-corrected chi connectivity index (χ1v) is 17.9. The quantitative estimate of drug-likeness (QED) is 0.105. The van der Waals surface area contributed by atoms with Crippen LogP contribution in [0.25, 0.3) is 11.3 Å². The van der Waals surface area contributed by atoms with E-state index in [1.54, 1.807) is 40.7 Å². The number of alkyl halides is 1. The molecular weight excluding hydrogens is 728 g/mol. The largest absolute Gasteiger partial charge is 0.467 e. The number of carbonyl (C=O) groups excluding carboxylic acids is 3. The SMILES string of the molecule is COCOc1cc(F)cc(Cn2cc(-c3cc(F)ccc3F)nc2[C@H](N(C[C@@H]2CN(C(=O)OC(C)(C)C)C[C@@H]2F)C(=O)[C@H](C)OC(C)=O)C(C)(C)CCO)c1. The van der Waals surface area contributed by atoms with Crippen molar-refractivity contribution < 1.29 is 56.0 Å². The number of methoxy groups -OCH3 is 1. The molecule has 2 amide bonds. The highest BCUT2D eigenvalue weighted by Gasteiger charge is 2.46. The third-order valence-corrected chi connectivity index (χ3v) is 9.11. The summed E-state index contributed by atoms with van der Waals surface area (Å²) in [7, 11) is 1.40. The molecule has 2 aromatic carbocycles. The number of aliphatic hydroxyl groups is 1. The fourth-order valence-corrected chi connectivity index (χ4v) is 6.64. The number of ether oxygens (including phenoxy) is 4. The minimum atomic E-state index is -1.61. The molecule has 1 saturated heterocycles. The number of aromatic nitrogens is 2. The number of likely N-dealkylation sites (tertiary alicyclic amines) is 1. The van der Waals surface area contributed by atoms with E-state index in [-0.39, 0.29) is 68.8 Å². The van der Waals surface area contributed by atoms with Gasteiger partial charge in [0.25, 0.3) is 5.91 Å². The highest BCUT2D eigenvalue weighted by Crippen LogP contribution is 2.43. The van der Waals surface area contributed by atoms with E-state index in [1.807, 2.05) is 0 Å². The summed E-state index contributed by atoms with van der Waals surface area (Å²) < 4.78 is 83.4. The molecule has 1 fully saturated rings. The third kappa shape index (κ3) is 11.2. The van der Waals surface area contributed by atoms with Crippen LogP contribution in [0.5, 0.6) is 5.75 Å². The molecule has 0 unspecified atom stereocenters. The molecule has 3 aromatic rings. The number of carbonyl (C=O) groups is 3. The van der Waals surface area contributed by atoms with E-state index in [1.165, 1.54) is 40.7 Å². The molecule has 55 heavy (non-hydrogen) atoms. The topological polar surface area (TPSA) is 133 Å². The Bertz CT molecular complexity index is 1830. The van der Waals surface area contributed by atoms with Crippen LogP contribution in [0, 0.1) is 28.8 Å². The predicted molar refractivity (Wildman–Crippen MR) is 193 cm³/mol. The monoisotopic (exact) mass is 778 g/mol. The summed E-state index contributed by atoms with van der Waals surface area (Å²) in [6, 6.07) is 5.62. The van der Waals surface area contributed by atoms with Crippen LogP contribution in [0.1, 0.15) is 72.3 Å². The molecule has 16 heteroatoms. The van der Waals surface area contributed by atoms with Gasteiger partial charge >= 0.3 is 12.1 Å². The lowest BCUT2D eigenvalue weighted by Gasteiger charge is -2.43. The van der Waals surface area contributed by atoms with Gasteiger partial charge in [0.15, 0.2) is 12.9 Å². The van der Waals surface area contributed by atoms with Gasteiger partial charge in [-0.1, -0.05) is 13.8 Å². The summed E-state index contributed by atoms with van der Waals surface area (Å²) in [5.41, 5.74) is -1.83. The van der Waals surface area contributed by atoms with Crippen LogP contribution in [0.3, 0.4) is 0 Å². The lowest BCUT2D eigenvalue weighted by molar-refractivity contribution is -0.161. The van der Waals surface area contributed by atoms with E-state index >= 15 is 8.78 Å². The van der Waals surface area contributed by atoms with Crippen LogP contribution >= 0.6 is 0 Å². The summed E-state index contributed by atoms with van der Waals surface area (Å²) >= 11 is 0. The Kier molecular flexibility index (Phi) is 14.0. The number of amides is 2. The van der Waals surface area contributed by atoms with Gasteiger partial charge in [0.05, 0.1) is 18.3 Å². The Balaban J connectivity index is 1.93. The summed E-state index contributed by atoms with van der Waals surface area (Å²) in [5, 5.41) is 10.3. The molecular formula is C39H50F4N4O8. The van der Waals surface area contributed by atoms with Crippen LogP contribution in [0.2, 0.25) is 0 Å². The fraction of sp³-hybridized carbons (Fsp3) is 0.538. The number of hydrogen-bond donors (Lipinski definition) is 1. The maximum absolute atomic E-state index is 15.9. The first-order valence-electron chi connectivity index (χ1n) is 17.9. The fourth-order valence-electron chi connectivity index (χ4n) is 6.64. The van der Waals surface area contributed by atoms with E-state index < -0.39 is 70.7 Å². The van der Waals surface area contributed by atoms with Crippen molar-refractivity contribution in [3.63, 3.8) is 0 Å². The van der Waals surface area contributed by atoms with E-state index in [0.717, 1.165) is 31.2 Å². The maximum Gasteiger partial charge on any atom is 0.410 e. The van der Waals surface area contributed by atoms with Crippen molar-refractivity contribution in [3.05, 3.63) is 71.4 Å². The van der Waals surface area contributed by atoms with Crippen molar-refractivity contribution in [2.45, 2.75) is 85.4 Å². The van der Waals surface area contributed by atoms with Gasteiger partial charge in [-0.15, -0.1) is 0 Å². The molecule has 0 radical (unpaired) electrons. The van der Waals surface area contributed by atoms with E-state index in [2.05, 4.69) is 0 Å². The number of nitrogens with zero attached hydrogens (tertiary/aromatic N) is 4. The number of imidazole rings is 1. The van der Waals surface area contributed by atoms with Crippen molar-refractivity contribution in [2.24, 2.45) is 11.3 Å². The maximum atomic E-state index is 15.9. The number of halogens is 4. The van der Waals surface area contributed by atoms with E-state index in [4.69, 9.17) is 23.9 Å². The summed E-state index contributed by atoms with van der Waals surface area (Å²) in [6.45, 7) is 9.58. The molecule has 0 bridgehead atoms. The predicted octanol–water partition coefficient (Wildman–Crippen LogP) is 6.43. The molecule has 4 rings (SSSR count). The first kappa shape index (κ1) is 43.0. The minimum absolute atomic E-state index is 0.0372. The van der Waals surface area contributed by atoms with Crippen LogP contribution in [0.4, 0.5) is 22.4 Å². The summed E-state index contributed by atoms with van der Waals surface area (Å²) in [5.74, 6) is -4.42. The van der Waals surface area contributed by atoms with Crippen LogP contribution in [0.15, 0.2) is 42.6 Å². The molecule has 1 N–H and O–H groups in total. The first-order chi connectivity index (χ1) is 25.7. The number of esters is 1. The number of benzene rings is 2. The molecule has 1 aromatic heterocycles. The molecule has 2 heterocycles. The van der Waals surface area contributed by atoms with Crippen molar-refractivity contribution >= 4 is 18.0 Å². The Labute approximate surface area is 318 Å². The second kappa shape index (κ2) is 17.8. The van der Waals surface area contributed by atoms with Crippen molar-refractivity contribution in [1.82, 2.24) is 19.4 Å². The van der Waals surface area contributed by atoms with Gasteiger partial charge in [-0.2, -0.15) is 0 Å². The summed E-state index contributed by atoms with van der Waals surface area (Å²) in [6.07, 6.45) is -2.24. The lowest BCUT2D eigenvalue weighted by Crippen LogP contribution is -2.50. The highest BCUT2D eigenvalue weighted by atomic mass is 19.1. The average molecular weight is 779 g/mol. The van der Waals surface area contributed by atoms with Gasteiger partial charge < -0.3 is 38.4 Å². The summed E-state index contributed by atoms with van der Waals surface area (Å²) in [4.78, 5) is 46.8. The highest BCUT2D eigenvalue weighted by molar-refractivity contribution is 5.83. The van der Waals surface area contributed by atoms with Crippen molar-refractivity contribution in [3.8, 4) is 17.0 Å². The zero-order chi connectivity index (χ0) is 40.8. The Morgan fingerprint density at radius 2 is 1.75 bits per heavy atom. The van der Waals surface area contributed by atoms with Gasteiger partial charge in [-0.25, -0.2) is 27.3 Å². The zero-order valence-electron chi connectivity index (χ0n) is 32.4. The van der Waals surface area contributed by atoms with Crippen molar-refractivity contribution in [1.29, 1.82) is 0 Å². The van der Waals surface area contributed by atoms with Gasteiger partial charge in [0, 0.05) is 64.0 Å². The average Bonchev–Trinajstić information content (AvgIpc) is 3.65. The minimum Gasteiger partial charge on any atom is -0.467 e. The van der Waals surface area contributed by atoms with Gasteiger partial charge in [0.2, 0.25) is 0 Å². The molecule has 0 spiro atoms. The van der Waals surface area contributed by atoms with E-state index in [0.29, 0.717) is 5.56 Å². The standard InChI is InChI=1S/C39H50F4N4O8/c1-23(54-24(2)49)36(50)47(19-26-18-46(20-32(26)43)37(51)55-38(3,4)5)34(39(6,7)11-12-48)35-44-33(30-16-27(40)9-10-31(30)42)21-45(35)17-25-13-28(41)15-29(14-25)53-22-52-8/h9-10,13-16,21,23,26,32,34,48H,11-12,17-20,22H2,1-8H3/t23-,26-,32-,34-/m0/s1. The van der Waals surface area contributed by atoms with Gasteiger partial charge in [-0.05, 0) is 75.4 Å². The Morgan fingerprint density at radius 3 is 2.38 bits per heavy atom. The molecule has 1 aliphatic rings. The molecule has 4 atom stereocenters. The van der Waals surface area contributed by atoms with Crippen LogP contribution in [-0.2, 0) is 30.3 Å². The van der Waals surface area contributed by atoms with Crippen LogP contribution in [-0.4, -0.2) is 100 Å². The smallest absolute Gasteiger partial charge is 0.410 e. The normalized spacial score (nSPS) is 17.1. The molecule has 0 saturated carbocycles. The lowest BCUT2D eigenvalue weighted by atomic mass is 9.79. The second-order valence-electron chi connectivity index (χ2n) is 15.4. The number of rotatable bonds is 15. The zero-order valence-corrected chi connectivity index (χ0v) is 32.4. The third-order valence-electron chi connectivity index (χ3n) is 9.11. The second-order valence-corrected chi connectivity index (χ2v) is 15.4. The van der Waals surface area contributed by atoms with Gasteiger partial charge in [-0.3, -0.25) is 9.59 Å². The van der Waals surface area contributed by atoms with Gasteiger partial charge in [0.1, 0.15) is 40.8 Å². The Hall–Kier alpha value is -4.70. The molecule has 0 aliphatic carbocycles. The molecule has 1 aliphatic heterocycles. The Morgan fingerprint density at radius 1 is 1.04 bits per heavy atom. The van der Waals surface area contributed by atoms with Crippen LogP contribution < -0.4 is 4.74 Å². The molecule has 12 nitrogen and oxygen atoms in total. The number of hydrogen-bond acceptors (Lipinski definition) is 9.